The van der Waals surface area contributed by atoms with Gasteiger partial charge < -0.3 is 5.32 Å². The normalized spacial score (nSPS) is 10.6. The summed E-state index contributed by atoms with van der Waals surface area (Å²) in [6.45, 7) is 5.67. The number of carbonyl (C=O) groups excluding carboxylic acids is 1. The predicted octanol–water partition coefficient (Wildman–Crippen LogP) is 3.57. The van der Waals surface area contributed by atoms with Crippen LogP contribution in [0.3, 0.4) is 0 Å². The number of hydrogen-bond acceptors (Lipinski definition) is 5. The van der Waals surface area contributed by atoms with Crippen molar-refractivity contribution in [2.24, 2.45) is 0 Å². The summed E-state index contributed by atoms with van der Waals surface area (Å²) >= 11 is 0. The fourth-order valence-corrected chi connectivity index (χ4v) is 3.26. The first-order valence-corrected chi connectivity index (χ1v) is 9.78. The molecule has 0 atom stereocenters. The van der Waals surface area contributed by atoms with Crippen LogP contribution >= 0.6 is 0 Å². The van der Waals surface area contributed by atoms with Gasteiger partial charge >= 0.3 is 0 Å². The Labute approximate surface area is 179 Å². The number of anilines is 1. The molecule has 2 aromatic carbocycles. The summed E-state index contributed by atoms with van der Waals surface area (Å²) in [7, 11) is 0. The fourth-order valence-electron chi connectivity index (χ4n) is 3.26. The lowest BCUT2D eigenvalue weighted by Gasteiger charge is -2.10. The molecule has 4 aromatic rings. The zero-order chi connectivity index (χ0) is 22.0. The Morgan fingerprint density at radius 1 is 1.03 bits per heavy atom. The van der Waals surface area contributed by atoms with Crippen LogP contribution < -0.4 is 5.32 Å². The number of nitrogens with one attached hydrogen (secondary N) is 1. The van der Waals surface area contributed by atoms with Crippen molar-refractivity contribution >= 4 is 11.7 Å². The van der Waals surface area contributed by atoms with Crippen molar-refractivity contribution in [3.63, 3.8) is 0 Å². The van der Waals surface area contributed by atoms with E-state index in [1.54, 1.807) is 40.6 Å². The summed E-state index contributed by atoms with van der Waals surface area (Å²) in [5, 5.41) is 20.8. The van der Waals surface area contributed by atoms with Gasteiger partial charge in [-0.25, -0.2) is 14.3 Å². The third-order valence-electron chi connectivity index (χ3n) is 4.72. The molecular formula is C23H21N7O. The van der Waals surface area contributed by atoms with Crippen molar-refractivity contribution in [1.82, 2.24) is 24.5 Å². The molecule has 8 heteroatoms. The number of aryl methyl sites for hydroxylation is 3. The number of amides is 1. The second-order valence-corrected chi connectivity index (χ2v) is 7.30. The van der Waals surface area contributed by atoms with E-state index in [1.165, 1.54) is 0 Å². The first kappa shape index (κ1) is 20.0. The third kappa shape index (κ3) is 4.36. The summed E-state index contributed by atoms with van der Waals surface area (Å²) < 4.78 is 3.27. The van der Waals surface area contributed by atoms with E-state index in [2.05, 4.69) is 26.6 Å². The first-order chi connectivity index (χ1) is 14.9. The molecule has 0 fully saturated rings. The Balaban J connectivity index is 1.57. The van der Waals surface area contributed by atoms with Crippen LogP contribution in [-0.4, -0.2) is 30.5 Å². The van der Waals surface area contributed by atoms with Gasteiger partial charge in [-0.1, -0.05) is 17.7 Å². The maximum absolute atomic E-state index is 12.8. The number of aromatic nitrogens is 5. The van der Waals surface area contributed by atoms with E-state index in [1.807, 2.05) is 44.2 Å². The zero-order valence-electron chi connectivity index (χ0n) is 17.5. The average molecular weight is 411 g/mol. The fraction of sp³-hybridized carbons (Fsp3) is 0.174. The van der Waals surface area contributed by atoms with Crippen molar-refractivity contribution in [3.05, 3.63) is 77.2 Å². The van der Waals surface area contributed by atoms with Gasteiger partial charge in [-0.15, -0.1) is 0 Å². The van der Waals surface area contributed by atoms with E-state index in [0.717, 1.165) is 22.5 Å². The highest BCUT2D eigenvalue weighted by Crippen LogP contribution is 2.20. The summed E-state index contributed by atoms with van der Waals surface area (Å²) in [6, 6.07) is 18.9. The Bertz CT molecular complexity index is 1280. The molecule has 0 saturated carbocycles. The number of nitriles is 1. The van der Waals surface area contributed by atoms with Gasteiger partial charge in [0.05, 0.1) is 23.0 Å². The van der Waals surface area contributed by atoms with Gasteiger partial charge in [0.1, 0.15) is 18.2 Å². The lowest BCUT2D eigenvalue weighted by atomic mass is 10.1. The highest BCUT2D eigenvalue weighted by Gasteiger charge is 2.16. The van der Waals surface area contributed by atoms with Crippen LogP contribution in [0.2, 0.25) is 0 Å². The lowest BCUT2D eigenvalue weighted by molar-refractivity contribution is -0.116. The van der Waals surface area contributed by atoms with Crippen LogP contribution in [0.5, 0.6) is 0 Å². The van der Waals surface area contributed by atoms with E-state index in [9.17, 15) is 4.79 Å². The highest BCUT2D eigenvalue weighted by molar-refractivity contribution is 5.90. The number of hydrogen-bond donors (Lipinski definition) is 1. The van der Waals surface area contributed by atoms with Gasteiger partial charge in [0.2, 0.25) is 5.91 Å². The molecule has 8 nitrogen and oxygen atoms in total. The Morgan fingerprint density at radius 3 is 2.42 bits per heavy atom. The molecule has 0 unspecified atom stereocenters. The minimum absolute atomic E-state index is 0.00565. The summed E-state index contributed by atoms with van der Waals surface area (Å²) in [5.74, 6) is 1.48. The molecule has 1 N–H and O–H groups in total. The first-order valence-electron chi connectivity index (χ1n) is 9.78. The van der Waals surface area contributed by atoms with Crippen molar-refractivity contribution in [2.75, 3.05) is 5.32 Å². The van der Waals surface area contributed by atoms with E-state index < -0.39 is 0 Å². The van der Waals surface area contributed by atoms with Gasteiger partial charge in [-0.2, -0.15) is 15.5 Å². The topological polar surface area (TPSA) is 101 Å². The molecule has 31 heavy (non-hydrogen) atoms. The minimum atomic E-state index is -0.243. The molecule has 1 amide bonds. The summed E-state index contributed by atoms with van der Waals surface area (Å²) in [6.07, 6.45) is 0. The Hall–Kier alpha value is -4.25. The van der Waals surface area contributed by atoms with Crippen molar-refractivity contribution in [3.8, 4) is 23.1 Å². The number of nitrogens with zero attached hydrogens (tertiary/aromatic N) is 6. The van der Waals surface area contributed by atoms with Crippen LogP contribution in [-0.2, 0) is 11.3 Å². The molecule has 154 valence electrons. The molecule has 4 rings (SSSR count). The van der Waals surface area contributed by atoms with E-state index in [4.69, 9.17) is 5.26 Å². The van der Waals surface area contributed by atoms with Crippen molar-refractivity contribution in [1.29, 1.82) is 5.26 Å². The smallest absolute Gasteiger partial charge is 0.247 e. The summed E-state index contributed by atoms with van der Waals surface area (Å²) in [4.78, 5) is 17.3. The van der Waals surface area contributed by atoms with Crippen LogP contribution in [0.1, 0.15) is 22.6 Å². The maximum atomic E-state index is 12.8. The van der Waals surface area contributed by atoms with Crippen LogP contribution in [0.4, 0.5) is 5.82 Å². The largest absolute Gasteiger partial charge is 0.309 e. The molecule has 0 aliphatic carbocycles. The van der Waals surface area contributed by atoms with E-state index >= 15 is 0 Å². The van der Waals surface area contributed by atoms with Gasteiger partial charge in [-0.3, -0.25) is 4.79 Å². The number of carbonyl (C=O) groups is 1. The SMILES string of the molecule is Cc1ccc(-n2nc(C)cc2NC(=O)Cn2nc(C)nc2-c2ccc(C#N)cc2)cc1. The van der Waals surface area contributed by atoms with E-state index in [0.29, 0.717) is 23.0 Å². The van der Waals surface area contributed by atoms with Crippen molar-refractivity contribution in [2.45, 2.75) is 27.3 Å². The van der Waals surface area contributed by atoms with Crippen molar-refractivity contribution < 1.29 is 4.79 Å². The second-order valence-electron chi connectivity index (χ2n) is 7.30. The summed E-state index contributed by atoms with van der Waals surface area (Å²) in [5.41, 5.74) is 4.15. The molecule has 0 spiro atoms. The molecule has 0 aliphatic rings. The molecule has 0 radical (unpaired) electrons. The number of benzene rings is 2. The maximum Gasteiger partial charge on any atom is 0.247 e. The Kier molecular flexibility index (Phi) is 5.33. The van der Waals surface area contributed by atoms with Gasteiger partial charge in [-0.05, 0) is 57.2 Å². The quantitative estimate of drug-likeness (QED) is 0.541. The molecule has 2 aromatic heterocycles. The Morgan fingerprint density at radius 2 is 1.74 bits per heavy atom. The molecular weight excluding hydrogens is 390 g/mol. The number of rotatable bonds is 5. The predicted molar refractivity (Wildman–Crippen MR) is 117 cm³/mol. The van der Waals surface area contributed by atoms with Gasteiger partial charge in [0.15, 0.2) is 5.82 Å². The van der Waals surface area contributed by atoms with Gasteiger partial charge in [0, 0.05) is 11.6 Å². The average Bonchev–Trinajstić information content (AvgIpc) is 3.30. The molecule has 0 saturated heterocycles. The lowest BCUT2D eigenvalue weighted by Crippen LogP contribution is -2.21. The second kappa shape index (κ2) is 8.24. The molecule has 2 heterocycles. The molecule has 0 bridgehead atoms. The van der Waals surface area contributed by atoms with E-state index in [-0.39, 0.29) is 12.5 Å². The van der Waals surface area contributed by atoms with Crippen LogP contribution in [0.25, 0.3) is 17.1 Å². The highest BCUT2D eigenvalue weighted by atomic mass is 16.2. The van der Waals surface area contributed by atoms with Crippen LogP contribution in [0.15, 0.2) is 54.6 Å². The van der Waals surface area contributed by atoms with Crippen LogP contribution in [0, 0.1) is 32.1 Å². The minimum Gasteiger partial charge on any atom is -0.309 e. The monoisotopic (exact) mass is 411 g/mol. The van der Waals surface area contributed by atoms with Gasteiger partial charge in [0.25, 0.3) is 0 Å². The standard InChI is InChI=1S/C23H21N7O/c1-15-4-10-20(11-5-15)30-21(12-16(2)27-30)26-22(31)14-29-23(25-17(3)28-29)19-8-6-18(13-24)7-9-19/h4-12H,14H2,1-3H3,(H,26,31). The molecule has 0 aliphatic heterocycles. The third-order valence-corrected chi connectivity index (χ3v) is 4.72. The zero-order valence-corrected chi connectivity index (χ0v) is 17.5.